The first-order valence-corrected chi connectivity index (χ1v) is 12.7. The van der Waals surface area contributed by atoms with Gasteiger partial charge >= 0.3 is 5.69 Å². The number of benzene rings is 3. The molecule has 7 nitrogen and oxygen atoms in total. The molecule has 0 aliphatic carbocycles. The Hall–Kier alpha value is -3.94. The molecule has 0 bridgehead atoms. The summed E-state index contributed by atoms with van der Waals surface area (Å²) in [5, 5.41) is 0. The quantitative estimate of drug-likeness (QED) is 0.292. The maximum absolute atomic E-state index is 12.7. The molecule has 1 aliphatic heterocycles. The predicted molar refractivity (Wildman–Crippen MR) is 144 cm³/mol. The minimum absolute atomic E-state index is 0.0300. The van der Waals surface area contributed by atoms with Gasteiger partial charge in [-0.15, -0.1) is 0 Å². The van der Waals surface area contributed by atoms with Gasteiger partial charge in [-0.2, -0.15) is 4.98 Å². The Morgan fingerprint density at radius 1 is 0.842 bits per heavy atom. The lowest BCUT2D eigenvalue weighted by atomic mass is 9.80. The van der Waals surface area contributed by atoms with Crippen molar-refractivity contribution in [1.82, 2.24) is 9.55 Å². The Bertz CT molecular complexity index is 1370. The highest BCUT2D eigenvalue weighted by Crippen LogP contribution is 2.45. The Morgan fingerprint density at radius 2 is 1.39 bits per heavy atom. The van der Waals surface area contributed by atoms with Gasteiger partial charge in [0, 0.05) is 24.2 Å². The van der Waals surface area contributed by atoms with Crippen LogP contribution >= 0.6 is 0 Å². The monoisotopic (exact) mass is 512 g/mol. The number of aromatic nitrogens is 2. The van der Waals surface area contributed by atoms with E-state index in [4.69, 9.17) is 18.9 Å². The van der Waals surface area contributed by atoms with Crippen molar-refractivity contribution in [2.24, 2.45) is 5.92 Å². The minimum Gasteiger partial charge on any atom is -0.497 e. The molecule has 1 aromatic heterocycles. The molecule has 3 aromatic carbocycles. The SMILES string of the molecule is COc1ccc(C(OC2CC(C)C(n3ccc(C)nc3=O)O2)(c2ccccc2)c2ccc(OC)cc2)cc1. The molecule has 38 heavy (non-hydrogen) atoms. The summed E-state index contributed by atoms with van der Waals surface area (Å²) in [5.41, 5.74) is 2.13. The van der Waals surface area contributed by atoms with E-state index in [9.17, 15) is 4.79 Å². The zero-order valence-corrected chi connectivity index (χ0v) is 22.0. The van der Waals surface area contributed by atoms with Crippen molar-refractivity contribution in [1.29, 1.82) is 0 Å². The van der Waals surface area contributed by atoms with Gasteiger partial charge in [-0.3, -0.25) is 4.57 Å². The van der Waals surface area contributed by atoms with Crippen molar-refractivity contribution in [3.8, 4) is 11.5 Å². The van der Waals surface area contributed by atoms with Gasteiger partial charge in [0.25, 0.3) is 0 Å². The topological polar surface area (TPSA) is 71.8 Å². The number of nitrogens with zero attached hydrogens (tertiary/aromatic N) is 2. The van der Waals surface area contributed by atoms with Crippen LogP contribution in [0.4, 0.5) is 0 Å². The van der Waals surface area contributed by atoms with E-state index in [1.54, 1.807) is 31.9 Å². The number of hydrogen-bond acceptors (Lipinski definition) is 6. The van der Waals surface area contributed by atoms with E-state index in [1.807, 2.05) is 72.8 Å². The van der Waals surface area contributed by atoms with Gasteiger partial charge < -0.3 is 18.9 Å². The van der Waals surface area contributed by atoms with Crippen LogP contribution in [-0.4, -0.2) is 30.1 Å². The van der Waals surface area contributed by atoms with Crippen molar-refractivity contribution in [2.45, 2.75) is 38.4 Å². The molecule has 2 heterocycles. The van der Waals surface area contributed by atoms with Crippen LogP contribution in [0, 0.1) is 12.8 Å². The molecule has 196 valence electrons. The van der Waals surface area contributed by atoms with E-state index < -0.39 is 18.1 Å². The zero-order valence-electron chi connectivity index (χ0n) is 22.0. The van der Waals surface area contributed by atoms with Crippen molar-refractivity contribution in [2.75, 3.05) is 14.2 Å². The third-order valence-electron chi connectivity index (χ3n) is 7.07. The maximum Gasteiger partial charge on any atom is 0.349 e. The fourth-order valence-electron chi connectivity index (χ4n) is 5.10. The van der Waals surface area contributed by atoms with Gasteiger partial charge in [-0.25, -0.2) is 4.79 Å². The Morgan fingerprint density at radius 3 is 1.92 bits per heavy atom. The summed E-state index contributed by atoms with van der Waals surface area (Å²) in [5.74, 6) is 1.53. The molecule has 1 fully saturated rings. The second kappa shape index (κ2) is 10.8. The molecule has 0 radical (unpaired) electrons. The normalized spacial score (nSPS) is 19.3. The number of rotatable bonds is 8. The summed E-state index contributed by atoms with van der Waals surface area (Å²) < 4.78 is 25.9. The smallest absolute Gasteiger partial charge is 0.349 e. The van der Waals surface area contributed by atoms with Gasteiger partial charge in [0.1, 0.15) is 23.3 Å². The van der Waals surface area contributed by atoms with E-state index >= 15 is 0 Å². The van der Waals surface area contributed by atoms with E-state index in [1.165, 1.54) is 0 Å². The summed E-state index contributed by atoms with van der Waals surface area (Å²) in [7, 11) is 3.30. The lowest BCUT2D eigenvalue weighted by Crippen LogP contribution is -2.37. The first-order chi connectivity index (χ1) is 18.4. The van der Waals surface area contributed by atoms with E-state index in [0.29, 0.717) is 12.1 Å². The Kier molecular flexibility index (Phi) is 7.31. The first-order valence-electron chi connectivity index (χ1n) is 12.7. The van der Waals surface area contributed by atoms with Crippen molar-refractivity contribution < 1.29 is 18.9 Å². The van der Waals surface area contributed by atoms with Crippen LogP contribution < -0.4 is 15.2 Å². The average Bonchev–Trinajstić information content (AvgIpc) is 3.31. The van der Waals surface area contributed by atoms with E-state index in [0.717, 1.165) is 28.2 Å². The predicted octanol–water partition coefficient (Wildman–Crippen LogP) is 5.46. The highest BCUT2D eigenvalue weighted by Gasteiger charge is 2.44. The van der Waals surface area contributed by atoms with Crippen LogP contribution in [0.1, 0.15) is 42.0 Å². The maximum atomic E-state index is 12.7. The lowest BCUT2D eigenvalue weighted by molar-refractivity contribution is -0.194. The summed E-state index contributed by atoms with van der Waals surface area (Å²) in [6.07, 6.45) is 1.27. The molecule has 4 aromatic rings. The van der Waals surface area contributed by atoms with E-state index in [2.05, 4.69) is 24.0 Å². The average molecular weight is 513 g/mol. The standard InChI is InChI=1S/C31H32N2O5/c1-21-20-28(37-29(21)33-19-18-22(2)32-30(33)34)38-31(23-8-6-5-7-9-23,24-10-14-26(35-3)15-11-24)25-12-16-27(36-4)17-13-25/h5-19,21,28-29H,20H2,1-4H3. The van der Waals surface area contributed by atoms with Crippen LogP contribution in [0.25, 0.3) is 0 Å². The second-order valence-corrected chi connectivity index (χ2v) is 9.55. The fourth-order valence-corrected chi connectivity index (χ4v) is 5.10. The van der Waals surface area contributed by atoms with Crippen molar-refractivity contribution >= 4 is 0 Å². The molecule has 5 rings (SSSR count). The van der Waals surface area contributed by atoms with Gasteiger partial charge in [0.2, 0.25) is 0 Å². The summed E-state index contributed by atoms with van der Waals surface area (Å²) in [4.78, 5) is 16.7. The first kappa shape index (κ1) is 25.7. The van der Waals surface area contributed by atoms with Crippen LogP contribution in [0.5, 0.6) is 11.5 Å². The molecule has 0 spiro atoms. The van der Waals surface area contributed by atoms with Gasteiger partial charge in [-0.1, -0.05) is 61.5 Å². The molecular weight excluding hydrogens is 480 g/mol. The van der Waals surface area contributed by atoms with Crippen LogP contribution in [0.15, 0.2) is 95.9 Å². The summed E-state index contributed by atoms with van der Waals surface area (Å²) >= 11 is 0. The van der Waals surface area contributed by atoms with E-state index in [-0.39, 0.29) is 11.6 Å². The highest BCUT2D eigenvalue weighted by molar-refractivity contribution is 5.49. The number of aryl methyl sites for hydroxylation is 1. The Labute approximate surface area is 222 Å². The molecule has 3 unspecified atom stereocenters. The molecule has 1 aliphatic rings. The molecular formula is C31H32N2O5. The van der Waals surface area contributed by atoms with Gasteiger partial charge in [-0.05, 0) is 53.9 Å². The van der Waals surface area contributed by atoms with Crippen LogP contribution in [-0.2, 0) is 15.1 Å². The molecule has 1 saturated heterocycles. The molecule has 0 N–H and O–H groups in total. The largest absolute Gasteiger partial charge is 0.497 e. The van der Waals surface area contributed by atoms with Gasteiger partial charge in [0.15, 0.2) is 6.29 Å². The third kappa shape index (κ3) is 4.83. The summed E-state index contributed by atoms with van der Waals surface area (Å²) in [6.45, 7) is 3.86. The highest BCUT2D eigenvalue weighted by atomic mass is 16.7. The number of hydrogen-bond donors (Lipinski definition) is 0. The summed E-state index contributed by atoms with van der Waals surface area (Å²) in [6, 6.07) is 27.7. The van der Waals surface area contributed by atoms with Crippen molar-refractivity contribution in [3.63, 3.8) is 0 Å². The lowest BCUT2D eigenvalue weighted by Gasteiger charge is -2.38. The second-order valence-electron chi connectivity index (χ2n) is 9.55. The Balaban J connectivity index is 1.62. The molecule has 7 heteroatoms. The molecule has 3 atom stereocenters. The number of methoxy groups -OCH3 is 2. The zero-order chi connectivity index (χ0) is 26.7. The van der Waals surface area contributed by atoms with Crippen LogP contribution in [0.2, 0.25) is 0 Å². The fraction of sp³-hybridized carbons (Fsp3) is 0.290. The van der Waals surface area contributed by atoms with Gasteiger partial charge in [0.05, 0.1) is 14.2 Å². The van der Waals surface area contributed by atoms with Crippen molar-refractivity contribution in [3.05, 3.63) is 124 Å². The third-order valence-corrected chi connectivity index (χ3v) is 7.07. The molecule has 0 saturated carbocycles. The molecule has 0 amide bonds. The minimum atomic E-state index is -1.00. The number of ether oxygens (including phenoxy) is 4. The van der Waals surface area contributed by atoms with Crippen LogP contribution in [0.3, 0.4) is 0 Å².